The van der Waals surface area contributed by atoms with E-state index in [2.05, 4.69) is 4.74 Å². The first-order valence-electron chi connectivity index (χ1n) is 4.16. The highest BCUT2D eigenvalue weighted by Gasteiger charge is 2.13. The summed E-state index contributed by atoms with van der Waals surface area (Å²) in [6.45, 7) is 2.95. The molecule has 0 radical (unpaired) electrons. The maximum atomic E-state index is 10.7. The Labute approximate surface area is 82.9 Å². The van der Waals surface area contributed by atoms with Crippen molar-refractivity contribution in [2.45, 2.75) is 26.0 Å². The van der Waals surface area contributed by atoms with Crippen LogP contribution in [-0.2, 0) is 19.1 Å². The van der Waals surface area contributed by atoms with Gasteiger partial charge in [-0.2, -0.15) is 0 Å². The molecule has 2 atom stereocenters. The van der Waals surface area contributed by atoms with Crippen LogP contribution in [-0.4, -0.2) is 31.2 Å². The summed E-state index contributed by atoms with van der Waals surface area (Å²) in [4.78, 5) is 21.4. The largest absolute Gasteiger partial charge is 0.466 e. The minimum absolute atomic E-state index is 0.375. The third-order valence-corrected chi connectivity index (χ3v) is 1.44. The Morgan fingerprint density at radius 3 is 2.36 bits per heavy atom. The molecular weight excluding hydrogens is 186 g/mol. The first-order chi connectivity index (χ1) is 6.47. The number of rotatable bonds is 4. The first kappa shape index (κ1) is 12.6. The average molecular weight is 201 g/mol. The zero-order valence-corrected chi connectivity index (χ0v) is 8.52. The summed E-state index contributed by atoms with van der Waals surface area (Å²) in [5.74, 6) is -0.954. The van der Waals surface area contributed by atoms with Crippen LogP contribution in [0.15, 0.2) is 12.2 Å². The predicted molar refractivity (Wildman–Crippen MR) is 50.4 cm³/mol. The Hall–Kier alpha value is -1.36. The van der Waals surface area contributed by atoms with E-state index in [1.54, 1.807) is 6.92 Å². The maximum absolute atomic E-state index is 10.7. The Morgan fingerprint density at radius 2 is 2.00 bits per heavy atom. The van der Waals surface area contributed by atoms with E-state index < -0.39 is 18.0 Å². The quantitative estimate of drug-likeness (QED) is 0.511. The van der Waals surface area contributed by atoms with E-state index in [9.17, 15) is 9.59 Å². The van der Waals surface area contributed by atoms with Crippen molar-refractivity contribution in [1.29, 1.82) is 0 Å². The van der Waals surface area contributed by atoms with Gasteiger partial charge in [0.15, 0.2) is 0 Å². The Kier molecular flexibility index (Phi) is 5.55. The Bertz CT molecular complexity index is 235. The summed E-state index contributed by atoms with van der Waals surface area (Å²) in [6, 6.07) is -0.375. The molecule has 0 saturated carbocycles. The molecule has 0 amide bonds. The van der Waals surface area contributed by atoms with E-state index >= 15 is 0 Å². The monoisotopic (exact) mass is 201 g/mol. The molecule has 5 heteroatoms. The van der Waals surface area contributed by atoms with Gasteiger partial charge in [0.2, 0.25) is 0 Å². The van der Waals surface area contributed by atoms with E-state index in [4.69, 9.17) is 10.5 Å². The van der Waals surface area contributed by atoms with Crippen molar-refractivity contribution in [3.05, 3.63) is 12.2 Å². The van der Waals surface area contributed by atoms with Gasteiger partial charge in [0, 0.05) is 19.0 Å². The van der Waals surface area contributed by atoms with E-state index in [0.717, 1.165) is 0 Å². The summed E-state index contributed by atoms with van der Waals surface area (Å²) < 4.78 is 9.23. The van der Waals surface area contributed by atoms with E-state index in [1.165, 1.54) is 26.2 Å². The number of ether oxygens (including phenoxy) is 2. The number of carbonyl (C=O) groups is 2. The van der Waals surface area contributed by atoms with Crippen LogP contribution in [0.3, 0.4) is 0 Å². The molecule has 0 aromatic heterocycles. The van der Waals surface area contributed by atoms with Gasteiger partial charge < -0.3 is 15.2 Å². The van der Waals surface area contributed by atoms with Crippen LogP contribution < -0.4 is 5.73 Å². The highest BCUT2D eigenvalue weighted by molar-refractivity contribution is 5.81. The molecule has 14 heavy (non-hydrogen) atoms. The van der Waals surface area contributed by atoms with Gasteiger partial charge in [0.1, 0.15) is 6.10 Å². The van der Waals surface area contributed by atoms with E-state index in [-0.39, 0.29) is 6.04 Å². The lowest BCUT2D eigenvalue weighted by atomic mass is 10.2. The lowest BCUT2D eigenvalue weighted by Crippen LogP contribution is -2.33. The number of carbonyl (C=O) groups excluding carboxylic acids is 2. The third-order valence-electron chi connectivity index (χ3n) is 1.44. The van der Waals surface area contributed by atoms with Crippen LogP contribution in [0.5, 0.6) is 0 Å². The topological polar surface area (TPSA) is 78.6 Å². The molecule has 2 N–H and O–H groups in total. The van der Waals surface area contributed by atoms with Crippen LogP contribution in [0, 0.1) is 0 Å². The number of nitrogens with two attached hydrogens (primary N) is 1. The fourth-order valence-electron chi connectivity index (χ4n) is 0.755. The molecule has 0 spiro atoms. The van der Waals surface area contributed by atoms with Gasteiger partial charge >= 0.3 is 11.9 Å². The highest BCUT2D eigenvalue weighted by Crippen LogP contribution is 2.00. The number of hydrogen-bond donors (Lipinski definition) is 1. The van der Waals surface area contributed by atoms with Crippen molar-refractivity contribution in [1.82, 2.24) is 0 Å². The van der Waals surface area contributed by atoms with Crippen LogP contribution in [0.4, 0.5) is 0 Å². The van der Waals surface area contributed by atoms with Gasteiger partial charge in [0.25, 0.3) is 0 Å². The molecule has 0 saturated heterocycles. The second-order valence-corrected chi connectivity index (χ2v) is 2.82. The van der Waals surface area contributed by atoms with E-state index in [1.807, 2.05) is 0 Å². The average Bonchev–Trinajstić information content (AvgIpc) is 2.10. The minimum atomic E-state index is -0.605. The summed E-state index contributed by atoms with van der Waals surface area (Å²) >= 11 is 0. The van der Waals surface area contributed by atoms with Gasteiger partial charge in [-0.3, -0.25) is 4.79 Å². The lowest BCUT2D eigenvalue weighted by molar-refractivity contribution is -0.145. The van der Waals surface area contributed by atoms with Crippen molar-refractivity contribution >= 4 is 11.9 Å². The van der Waals surface area contributed by atoms with Crippen LogP contribution in [0.1, 0.15) is 13.8 Å². The van der Waals surface area contributed by atoms with Gasteiger partial charge in [-0.25, -0.2) is 4.79 Å². The van der Waals surface area contributed by atoms with Crippen molar-refractivity contribution in [3.8, 4) is 0 Å². The molecule has 5 nitrogen and oxygen atoms in total. The van der Waals surface area contributed by atoms with Crippen molar-refractivity contribution < 1.29 is 19.1 Å². The third kappa shape index (κ3) is 5.31. The highest BCUT2D eigenvalue weighted by atomic mass is 16.5. The fraction of sp³-hybridized carbons (Fsp3) is 0.556. The van der Waals surface area contributed by atoms with Gasteiger partial charge in [-0.15, -0.1) is 0 Å². The van der Waals surface area contributed by atoms with Crippen molar-refractivity contribution in [2.24, 2.45) is 5.73 Å². The second kappa shape index (κ2) is 6.15. The zero-order valence-electron chi connectivity index (χ0n) is 8.52. The molecule has 0 fully saturated rings. The molecule has 0 aromatic rings. The molecule has 1 unspecified atom stereocenters. The number of esters is 2. The van der Waals surface area contributed by atoms with Gasteiger partial charge in [-0.1, -0.05) is 0 Å². The zero-order chi connectivity index (χ0) is 11.1. The first-order valence-corrected chi connectivity index (χ1v) is 4.16. The molecule has 0 rings (SSSR count). The molecule has 0 aliphatic heterocycles. The Balaban J connectivity index is 4.29. The smallest absolute Gasteiger partial charge is 0.330 e. The summed E-state index contributed by atoms with van der Waals surface area (Å²) in [5.41, 5.74) is 5.53. The fourth-order valence-corrected chi connectivity index (χ4v) is 0.755. The summed E-state index contributed by atoms with van der Waals surface area (Å²) in [7, 11) is 1.26. The molecular formula is C9H15NO4. The molecule has 0 bridgehead atoms. The maximum Gasteiger partial charge on any atom is 0.330 e. The predicted octanol–water partition coefficient (Wildman–Crippen LogP) is -0.00550. The van der Waals surface area contributed by atoms with E-state index in [0.29, 0.717) is 0 Å². The molecule has 0 aliphatic rings. The summed E-state index contributed by atoms with van der Waals surface area (Å²) in [5, 5.41) is 0. The molecule has 0 aromatic carbocycles. The van der Waals surface area contributed by atoms with Crippen LogP contribution in [0.2, 0.25) is 0 Å². The minimum Gasteiger partial charge on any atom is -0.466 e. The van der Waals surface area contributed by atoms with Crippen LogP contribution in [0.25, 0.3) is 0 Å². The SMILES string of the molecule is COC(=O)/C=C/C(OC(C)=O)[C@H](C)N. The molecule has 0 aliphatic carbocycles. The Morgan fingerprint density at radius 1 is 1.43 bits per heavy atom. The van der Waals surface area contributed by atoms with Crippen molar-refractivity contribution in [3.63, 3.8) is 0 Å². The molecule has 0 heterocycles. The van der Waals surface area contributed by atoms with Gasteiger partial charge in [0.05, 0.1) is 7.11 Å². The normalized spacial score (nSPS) is 14.9. The van der Waals surface area contributed by atoms with Crippen LogP contribution >= 0.6 is 0 Å². The lowest BCUT2D eigenvalue weighted by Gasteiger charge is -2.16. The number of methoxy groups -OCH3 is 1. The summed E-state index contributed by atoms with van der Waals surface area (Å²) in [6.07, 6.45) is 1.97. The van der Waals surface area contributed by atoms with Crippen molar-refractivity contribution in [2.75, 3.05) is 7.11 Å². The molecule has 80 valence electrons. The van der Waals surface area contributed by atoms with Gasteiger partial charge in [-0.05, 0) is 13.0 Å². The standard InChI is InChI=1S/C9H15NO4/c1-6(10)8(14-7(2)11)4-5-9(12)13-3/h4-6,8H,10H2,1-3H3/b5-4+/t6-,8?/m0/s1. The second-order valence-electron chi connectivity index (χ2n) is 2.82. The number of hydrogen-bond acceptors (Lipinski definition) is 5.